The second-order valence-electron chi connectivity index (χ2n) is 2.77. The molecule has 7 heteroatoms. The van der Waals surface area contributed by atoms with Crippen LogP contribution in [0.1, 0.15) is 11.9 Å². The van der Waals surface area contributed by atoms with E-state index in [4.69, 9.17) is 0 Å². The number of amides is 3. The number of imide groups is 1. The third-order valence-electron chi connectivity index (χ3n) is 1.78. The van der Waals surface area contributed by atoms with Crippen molar-refractivity contribution in [1.29, 1.82) is 0 Å². The van der Waals surface area contributed by atoms with Gasteiger partial charge >= 0.3 is 6.03 Å². The van der Waals surface area contributed by atoms with E-state index in [1.165, 1.54) is 16.2 Å². The molecule has 3 amide bonds. The Morgan fingerprint density at radius 3 is 2.79 bits per heavy atom. The van der Waals surface area contributed by atoms with Gasteiger partial charge in [0.25, 0.3) is 0 Å². The second kappa shape index (κ2) is 3.33. The van der Waals surface area contributed by atoms with Gasteiger partial charge in [-0.2, -0.15) is 0 Å². The van der Waals surface area contributed by atoms with E-state index in [0.29, 0.717) is 5.13 Å². The van der Waals surface area contributed by atoms with Crippen molar-refractivity contribution >= 4 is 28.4 Å². The summed E-state index contributed by atoms with van der Waals surface area (Å²) in [5, 5.41) is 11.2. The number of aryl methyl sites for hydroxylation is 1. The molecule has 14 heavy (non-hydrogen) atoms. The lowest BCUT2D eigenvalue weighted by Crippen LogP contribution is -2.27. The van der Waals surface area contributed by atoms with Gasteiger partial charge in [-0.15, -0.1) is 10.2 Å². The van der Waals surface area contributed by atoms with E-state index < -0.39 is 6.03 Å². The number of hydrogen-bond acceptors (Lipinski definition) is 5. The van der Waals surface area contributed by atoms with Gasteiger partial charge in [0.1, 0.15) is 11.6 Å². The van der Waals surface area contributed by atoms with Gasteiger partial charge in [0.15, 0.2) is 0 Å². The van der Waals surface area contributed by atoms with Crippen LogP contribution >= 0.6 is 11.3 Å². The summed E-state index contributed by atoms with van der Waals surface area (Å²) in [4.78, 5) is 23.4. The van der Waals surface area contributed by atoms with Crippen LogP contribution in [0.3, 0.4) is 0 Å². The Bertz CT molecular complexity index is 389. The zero-order valence-corrected chi connectivity index (χ0v) is 8.30. The van der Waals surface area contributed by atoms with E-state index in [2.05, 4.69) is 15.5 Å². The maximum atomic E-state index is 11.2. The first kappa shape index (κ1) is 9.07. The third kappa shape index (κ3) is 1.46. The van der Waals surface area contributed by atoms with Crippen molar-refractivity contribution < 1.29 is 9.59 Å². The number of urea groups is 1. The van der Waals surface area contributed by atoms with E-state index in [1.807, 2.05) is 6.92 Å². The van der Waals surface area contributed by atoms with Gasteiger partial charge in [-0.3, -0.25) is 15.0 Å². The van der Waals surface area contributed by atoms with Crippen molar-refractivity contribution in [2.45, 2.75) is 13.3 Å². The minimum atomic E-state index is -0.422. The van der Waals surface area contributed by atoms with Crippen LogP contribution in [0, 0.1) is 0 Å². The third-order valence-corrected chi connectivity index (χ3v) is 2.87. The van der Waals surface area contributed by atoms with Crippen LogP contribution in [0.5, 0.6) is 0 Å². The van der Waals surface area contributed by atoms with E-state index in [1.54, 1.807) is 0 Å². The highest BCUT2D eigenvalue weighted by molar-refractivity contribution is 7.15. The summed E-state index contributed by atoms with van der Waals surface area (Å²) in [5.41, 5.74) is 0. The van der Waals surface area contributed by atoms with Crippen molar-refractivity contribution in [1.82, 2.24) is 15.5 Å². The van der Waals surface area contributed by atoms with Crippen molar-refractivity contribution in [3.05, 3.63) is 5.01 Å². The van der Waals surface area contributed by atoms with Crippen LogP contribution in [0.25, 0.3) is 0 Å². The van der Waals surface area contributed by atoms with Crippen LogP contribution in [-0.4, -0.2) is 28.7 Å². The monoisotopic (exact) mass is 212 g/mol. The van der Waals surface area contributed by atoms with Gasteiger partial charge in [0, 0.05) is 0 Å². The number of carbonyl (C=O) groups is 2. The molecule has 0 unspecified atom stereocenters. The molecule has 1 N–H and O–H groups in total. The van der Waals surface area contributed by atoms with Gasteiger partial charge in [0.2, 0.25) is 11.0 Å². The predicted octanol–water partition coefficient (Wildman–Crippen LogP) is 0.157. The Kier molecular flexibility index (Phi) is 2.16. The molecule has 1 aliphatic heterocycles. The first-order valence-electron chi connectivity index (χ1n) is 4.14. The lowest BCUT2D eigenvalue weighted by atomic mass is 10.5. The fourth-order valence-electron chi connectivity index (χ4n) is 1.09. The molecule has 6 nitrogen and oxygen atoms in total. The number of hydrogen-bond donors (Lipinski definition) is 1. The molecule has 1 aliphatic rings. The molecule has 2 heterocycles. The SMILES string of the molecule is CCc1nnc(N2CC(=O)NC2=O)s1. The molecular weight excluding hydrogens is 204 g/mol. The lowest BCUT2D eigenvalue weighted by Gasteiger charge is -2.05. The number of carbonyl (C=O) groups excluding carboxylic acids is 2. The molecule has 1 aromatic rings. The molecule has 74 valence electrons. The Labute approximate surface area is 83.9 Å². The van der Waals surface area contributed by atoms with Crippen molar-refractivity contribution in [2.24, 2.45) is 0 Å². The minimum absolute atomic E-state index is 0.0389. The second-order valence-corrected chi connectivity index (χ2v) is 3.81. The fraction of sp³-hybridized carbons (Fsp3) is 0.429. The van der Waals surface area contributed by atoms with Crippen molar-refractivity contribution in [2.75, 3.05) is 11.4 Å². The average Bonchev–Trinajstić information content (AvgIpc) is 2.71. The molecule has 0 saturated carbocycles. The molecule has 0 bridgehead atoms. The number of aromatic nitrogens is 2. The molecule has 0 atom stereocenters. The maximum Gasteiger partial charge on any atom is 0.330 e. The largest absolute Gasteiger partial charge is 0.330 e. The summed E-state index contributed by atoms with van der Waals surface area (Å²) in [6.07, 6.45) is 0.779. The van der Waals surface area contributed by atoms with Gasteiger partial charge in [-0.1, -0.05) is 18.3 Å². The maximum absolute atomic E-state index is 11.2. The molecule has 1 aromatic heterocycles. The van der Waals surface area contributed by atoms with Crippen LogP contribution in [0.4, 0.5) is 9.93 Å². The van der Waals surface area contributed by atoms with E-state index in [9.17, 15) is 9.59 Å². The van der Waals surface area contributed by atoms with Gasteiger partial charge in [-0.05, 0) is 6.42 Å². The quantitative estimate of drug-likeness (QED) is 0.708. The highest BCUT2D eigenvalue weighted by atomic mass is 32.1. The number of rotatable bonds is 2. The Morgan fingerprint density at radius 2 is 2.29 bits per heavy atom. The zero-order valence-electron chi connectivity index (χ0n) is 7.48. The van der Waals surface area contributed by atoms with E-state index in [-0.39, 0.29) is 12.5 Å². The summed E-state index contributed by atoms with van der Waals surface area (Å²) in [5.74, 6) is -0.303. The van der Waals surface area contributed by atoms with Gasteiger partial charge in [-0.25, -0.2) is 4.79 Å². The summed E-state index contributed by atoms with van der Waals surface area (Å²) >= 11 is 1.33. The fourth-order valence-corrected chi connectivity index (χ4v) is 1.87. The molecule has 1 saturated heterocycles. The smallest absolute Gasteiger partial charge is 0.276 e. The standard InChI is InChI=1S/C7H8N4O2S/c1-2-5-9-10-7(14-5)11-3-4(12)8-6(11)13/h2-3H2,1H3,(H,8,12,13). The van der Waals surface area contributed by atoms with Gasteiger partial charge < -0.3 is 0 Å². The highest BCUT2D eigenvalue weighted by Crippen LogP contribution is 2.21. The molecule has 0 radical (unpaired) electrons. The summed E-state index contributed by atoms with van der Waals surface area (Å²) in [7, 11) is 0. The molecule has 0 aromatic carbocycles. The number of nitrogens with one attached hydrogen (secondary N) is 1. The zero-order chi connectivity index (χ0) is 10.1. The van der Waals surface area contributed by atoms with E-state index >= 15 is 0 Å². The molecule has 2 rings (SSSR count). The Hall–Kier alpha value is -1.50. The Balaban J connectivity index is 2.22. The first-order chi connectivity index (χ1) is 6.70. The topological polar surface area (TPSA) is 75.2 Å². The van der Waals surface area contributed by atoms with Crippen LogP contribution in [0.15, 0.2) is 0 Å². The van der Waals surface area contributed by atoms with E-state index in [0.717, 1.165) is 11.4 Å². The molecule has 0 spiro atoms. The van der Waals surface area contributed by atoms with Crippen molar-refractivity contribution in [3.8, 4) is 0 Å². The normalized spacial score (nSPS) is 16.2. The Morgan fingerprint density at radius 1 is 1.50 bits per heavy atom. The average molecular weight is 212 g/mol. The van der Waals surface area contributed by atoms with Crippen LogP contribution < -0.4 is 10.2 Å². The number of nitrogens with zero attached hydrogens (tertiary/aromatic N) is 3. The number of anilines is 1. The van der Waals surface area contributed by atoms with Crippen molar-refractivity contribution in [3.63, 3.8) is 0 Å². The first-order valence-corrected chi connectivity index (χ1v) is 4.96. The minimum Gasteiger partial charge on any atom is -0.276 e. The lowest BCUT2D eigenvalue weighted by molar-refractivity contribution is -0.117. The predicted molar refractivity (Wildman–Crippen MR) is 50.2 cm³/mol. The highest BCUT2D eigenvalue weighted by Gasteiger charge is 2.30. The summed E-state index contributed by atoms with van der Waals surface area (Å²) in [6, 6.07) is -0.422. The van der Waals surface area contributed by atoms with Crippen LogP contribution in [-0.2, 0) is 11.2 Å². The molecule has 0 aliphatic carbocycles. The molecular formula is C7H8N4O2S. The summed E-state index contributed by atoms with van der Waals surface area (Å²) < 4.78 is 0. The molecule has 1 fully saturated rings. The van der Waals surface area contributed by atoms with Gasteiger partial charge in [0.05, 0.1) is 0 Å². The van der Waals surface area contributed by atoms with Crippen LogP contribution in [0.2, 0.25) is 0 Å². The summed E-state index contributed by atoms with van der Waals surface area (Å²) in [6.45, 7) is 2.00.